The van der Waals surface area contributed by atoms with Gasteiger partial charge in [-0.15, -0.1) is 0 Å². The normalized spacial score (nSPS) is 11.1. The molecule has 0 spiro atoms. The summed E-state index contributed by atoms with van der Waals surface area (Å²) in [6.07, 6.45) is -3.63. The molecule has 116 valence electrons. The van der Waals surface area contributed by atoms with Gasteiger partial charge in [0.05, 0.1) is 11.3 Å². The molecule has 0 aliphatic heterocycles. The molecule has 2 rings (SSSR count). The topological polar surface area (TPSA) is 24.1 Å². The van der Waals surface area contributed by atoms with Crippen molar-refractivity contribution in [2.24, 2.45) is 0 Å². The minimum absolute atomic E-state index is 0.0681. The molecule has 0 saturated carbocycles. The van der Waals surface area contributed by atoms with Gasteiger partial charge in [-0.25, -0.2) is 0 Å². The number of nitrogens with one attached hydrogen (secondary N) is 2. The Morgan fingerprint density at radius 3 is 2.14 bits per heavy atom. The molecule has 2 nitrogen and oxygen atoms in total. The number of anilines is 2. The summed E-state index contributed by atoms with van der Waals surface area (Å²) in [6.45, 7) is 2.00. The molecule has 0 unspecified atom stereocenters. The molecule has 0 radical (unpaired) electrons. The lowest BCUT2D eigenvalue weighted by atomic mass is 10.1. The van der Waals surface area contributed by atoms with Crippen LogP contribution in [0, 0.1) is 0 Å². The Kier molecular flexibility index (Phi) is 5.03. The van der Waals surface area contributed by atoms with Crippen molar-refractivity contribution in [2.75, 3.05) is 10.6 Å². The summed E-state index contributed by atoms with van der Waals surface area (Å²) >= 11 is 5.12. The van der Waals surface area contributed by atoms with Crippen molar-refractivity contribution in [1.29, 1.82) is 0 Å². The van der Waals surface area contributed by atoms with E-state index in [1.165, 1.54) is 18.2 Å². The lowest BCUT2D eigenvalue weighted by Gasteiger charge is -2.17. The van der Waals surface area contributed by atoms with Crippen molar-refractivity contribution in [2.45, 2.75) is 19.5 Å². The molecule has 0 saturated heterocycles. The zero-order valence-electron chi connectivity index (χ0n) is 11.9. The molecular weight excluding hydrogens is 309 g/mol. The second-order valence-corrected chi connectivity index (χ2v) is 5.04. The Bertz CT molecular complexity index is 668. The predicted molar refractivity (Wildman–Crippen MR) is 87.1 cm³/mol. The number of thiocarbonyl (C=S) groups is 1. The lowest BCUT2D eigenvalue weighted by Crippen LogP contribution is -2.22. The third kappa shape index (κ3) is 3.98. The molecule has 2 N–H and O–H groups in total. The number of rotatable bonds is 3. The van der Waals surface area contributed by atoms with E-state index >= 15 is 0 Å². The molecule has 2 aromatic rings. The van der Waals surface area contributed by atoms with E-state index in [2.05, 4.69) is 10.6 Å². The summed E-state index contributed by atoms with van der Waals surface area (Å²) in [5.41, 5.74) is 1.01. The van der Waals surface area contributed by atoms with Gasteiger partial charge in [-0.05, 0) is 42.4 Å². The largest absolute Gasteiger partial charge is 0.418 e. The van der Waals surface area contributed by atoms with Crippen LogP contribution in [0.25, 0.3) is 0 Å². The molecule has 0 bridgehead atoms. The fourth-order valence-electron chi connectivity index (χ4n) is 2.07. The number of halogens is 3. The highest BCUT2D eigenvalue weighted by atomic mass is 32.1. The molecule has 0 heterocycles. The van der Waals surface area contributed by atoms with E-state index in [0.29, 0.717) is 0 Å². The van der Waals surface area contributed by atoms with Gasteiger partial charge in [-0.3, -0.25) is 0 Å². The molecule has 0 fully saturated rings. The highest BCUT2D eigenvalue weighted by Gasteiger charge is 2.33. The van der Waals surface area contributed by atoms with E-state index in [-0.39, 0.29) is 10.8 Å². The fraction of sp³-hybridized carbons (Fsp3) is 0.188. The van der Waals surface area contributed by atoms with E-state index in [0.717, 1.165) is 23.7 Å². The van der Waals surface area contributed by atoms with Gasteiger partial charge in [0.15, 0.2) is 5.11 Å². The highest BCUT2D eigenvalue weighted by molar-refractivity contribution is 7.80. The van der Waals surface area contributed by atoms with Crippen molar-refractivity contribution in [3.63, 3.8) is 0 Å². The van der Waals surface area contributed by atoms with Crippen molar-refractivity contribution < 1.29 is 13.2 Å². The second kappa shape index (κ2) is 6.79. The molecule has 6 heteroatoms. The number of aryl methyl sites for hydroxylation is 1. The first-order chi connectivity index (χ1) is 10.4. The van der Waals surface area contributed by atoms with Gasteiger partial charge in [0.1, 0.15) is 0 Å². The summed E-state index contributed by atoms with van der Waals surface area (Å²) in [7, 11) is 0. The maximum absolute atomic E-state index is 12.9. The molecule has 0 aromatic heterocycles. The van der Waals surface area contributed by atoms with Crippen LogP contribution in [0.2, 0.25) is 0 Å². The summed E-state index contributed by atoms with van der Waals surface area (Å²) in [5, 5.41) is 5.68. The Balaban J connectivity index is 2.17. The zero-order valence-corrected chi connectivity index (χ0v) is 12.7. The van der Waals surface area contributed by atoms with Gasteiger partial charge in [0.25, 0.3) is 0 Å². The SMILES string of the molecule is CCc1ccccc1NC(=S)Nc1ccccc1C(F)(F)F. The second-order valence-electron chi connectivity index (χ2n) is 4.63. The van der Waals surface area contributed by atoms with Crippen LogP contribution in [0.1, 0.15) is 18.1 Å². The molecule has 0 atom stereocenters. The Morgan fingerprint density at radius 2 is 1.50 bits per heavy atom. The van der Waals surface area contributed by atoms with Gasteiger partial charge < -0.3 is 10.6 Å². The third-order valence-corrected chi connectivity index (χ3v) is 3.33. The van der Waals surface area contributed by atoms with Crippen LogP contribution in [0.5, 0.6) is 0 Å². The van der Waals surface area contributed by atoms with E-state index in [4.69, 9.17) is 12.2 Å². The summed E-state index contributed by atoms with van der Waals surface area (Å²) < 4.78 is 38.8. The van der Waals surface area contributed by atoms with Crippen molar-refractivity contribution in [3.8, 4) is 0 Å². The van der Waals surface area contributed by atoms with Crippen molar-refractivity contribution in [1.82, 2.24) is 0 Å². The van der Waals surface area contributed by atoms with E-state index in [1.54, 1.807) is 0 Å². The number of hydrogen-bond donors (Lipinski definition) is 2. The third-order valence-electron chi connectivity index (χ3n) is 3.13. The van der Waals surface area contributed by atoms with Crippen molar-refractivity contribution >= 4 is 28.7 Å². The van der Waals surface area contributed by atoms with Crippen LogP contribution >= 0.6 is 12.2 Å². The standard InChI is InChI=1S/C16H15F3N2S/c1-2-11-7-3-5-9-13(11)20-15(22)21-14-10-6-4-8-12(14)16(17,18)19/h3-10H,2H2,1H3,(H2,20,21,22). The first kappa shape index (κ1) is 16.3. The van der Waals surface area contributed by atoms with Crippen LogP contribution in [-0.2, 0) is 12.6 Å². The summed E-state index contributed by atoms with van der Waals surface area (Å²) in [5.74, 6) is 0. The lowest BCUT2D eigenvalue weighted by molar-refractivity contribution is -0.136. The fourth-order valence-corrected chi connectivity index (χ4v) is 2.29. The van der Waals surface area contributed by atoms with Crippen LogP contribution < -0.4 is 10.6 Å². The number of benzene rings is 2. The van der Waals surface area contributed by atoms with E-state index < -0.39 is 11.7 Å². The molecule has 0 aliphatic carbocycles. The van der Waals surface area contributed by atoms with Gasteiger partial charge in [0, 0.05) is 5.69 Å². The predicted octanol–water partition coefficient (Wildman–Crippen LogP) is 5.08. The molecule has 2 aromatic carbocycles. The van der Waals surface area contributed by atoms with Crippen LogP contribution in [0.15, 0.2) is 48.5 Å². The minimum atomic E-state index is -4.43. The van der Waals surface area contributed by atoms with E-state index in [1.807, 2.05) is 31.2 Å². The van der Waals surface area contributed by atoms with Crippen LogP contribution in [0.4, 0.5) is 24.5 Å². The Morgan fingerprint density at radius 1 is 0.955 bits per heavy atom. The smallest absolute Gasteiger partial charge is 0.332 e. The van der Waals surface area contributed by atoms with Gasteiger partial charge >= 0.3 is 6.18 Å². The zero-order chi connectivity index (χ0) is 16.2. The molecule has 0 aliphatic rings. The molecular formula is C16H15F3N2S. The quantitative estimate of drug-likeness (QED) is 0.770. The Labute approximate surface area is 132 Å². The number of para-hydroxylation sites is 2. The maximum Gasteiger partial charge on any atom is 0.418 e. The maximum atomic E-state index is 12.9. The summed E-state index contributed by atoms with van der Waals surface area (Å²) in [4.78, 5) is 0. The highest BCUT2D eigenvalue weighted by Crippen LogP contribution is 2.34. The average Bonchev–Trinajstić information content (AvgIpc) is 2.47. The number of alkyl halides is 3. The van der Waals surface area contributed by atoms with Crippen LogP contribution in [-0.4, -0.2) is 5.11 Å². The van der Waals surface area contributed by atoms with Gasteiger partial charge in [-0.1, -0.05) is 37.3 Å². The first-order valence-electron chi connectivity index (χ1n) is 6.74. The monoisotopic (exact) mass is 324 g/mol. The van der Waals surface area contributed by atoms with Gasteiger partial charge in [-0.2, -0.15) is 13.2 Å². The van der Waals surface area contributed by atoms with E-state index in [9.17, 15) is 13.2 Å². The molecule has 22 heavy (non-hydrogen) atoms. The van der Waals surface area contributed by atoms with Crippen molar-refractivity contribution in [3.05, 3.63) is 59.7 Å². The Hall–Kier alpha value is -2.08. The minimum Gasteiger partial charge on any atom is -0.332 e. The number of hydrogen-bond acceptors (Lipinski definition) is 1. The molecule has 0 amide bonds. The first-order valence-corrected chi connectivity index (χ1v) is 7.14. The average molecular weight is 324 g/mol. The van der Waals surface area contributed by atoms with Crippen LogP contribution in [0.3, 0.4) is 0 Å². The summed E-state index contributed by atoms with van der Waals surface area (Å²) in [6, 6.07) is 12.8. The van der Waals surface area contributed by atoms with Gasteiger partial charge in [0.2, 0.25) is 0 Å².